The highest BCUT2D eigenvalue weighted by molar-refractivity contribution is 5.19. The van der Waals surface area contributed by atoms with E-state index in [2.05, 4.69) is 47.6 Å². The number of hydrogen-bond donors (Lipinski definition) is 1. The molecule has 0 radical (unpaired) electrons. The molecular weight excluding hydrogens is 212 g/mol. The van der Waals surface area contributed by atoms with Crippen LogP contribution >= 0.6 is 0 Å². The molecule has 3 heteroatoms. The molecule has 1 aromatic carbocycles. The molecule has 0 saturated heterocycles. The van der Waals surface area contributed by atoms with E-state index in [0.717, 1.165) is 26.1 Å². The number of benzene rings is 1. The average molecular weight is 236 g/mol. The van der Waals surface area contributed by atoms with Crippen LogP contribution in [-0.4, -0.2) is 45.8 Å². The van der Waals surface area contributed by atoms with Crippen LogP contribution in [0.2, 0.25) is 0 Å². The first kappa shape index (κ1) is 14.2. The monoisotopic (exact) mass is 236 g/mol. The van der Waals surface area contributed by atoms with E-state index in [1.165, 1.54) is 5.56 Å². The van der Waals surface area contributed by atoms with Gasteiger partial charge in [-0.2, -0.15) is 0 Å². The quantitative estimate of drug-likeness (QED) is 0.698. The van der Waals surface area contributed by atoms with Gasteiger partial charge < -0.3 is 15.0 Å². The molecule has 1 rings (SSSR count). The van der Waals surface area contributed by atoms with Crippen LogP contribution < -0.4 is 5.32 Å². The van der Waals surface area contributed by atoms with Gasteiger partial charge in [0.2, 0.25) is 0 Å². The lowest BCUT2D eigenvalue weighted by atomic mass is 10.1. The number of nitrogens with zero attached hydrogens (tertiary/aromatic N) is 1. The molecule has 0 spiro atoms. The molecule has 0 bridgehead atoms. The van der Waals surface area contributed by atoms with Crippen LogP contribution in [0.3, 0.4) is 0 Å². The number of methoxy groups -OCH3 is 1. The first-order valence-electron chi connectivity index (χ1n) is 6.17. The van der Waals surface area contributed by atoms with Crippen molar-refractivity contribution < 1.29 is 4.74 Å². The standard InChI is InChI=1S/C14H24N2O/c1-15-14(13-8-5-4-6-9-13)12-16(2)10-7-11-17-3/h4-6,8-9,14-15H,7,10-12H2,1-3H3. The third kappa shape index (κ3) is 5.31. The molecule has 1 N–H and O–H groups in total. The lowest BCUT2D eigenvalue weighted by Gasteiger charge is -2.24. The zero-order valence-electron chi connectivity index (χ0n) is 11.1. The topological polar surface area (TPSA) is 24.5 Å². The Labute approximate surface area is 105 Å². The Morgan fingerprint density at radius 1 is 1.29 bits per heavy atom. The Bertz CT molecular complexity index is 290. The maximum atomic E-state index is 5.07. The molecule has 1 aromatic rings. The number of ether oxygens (including phenoxy) is 1. The average Bonchev–Trinajstić information content (AvgIpc) is 2.37. The highest BCUT2D eigenvalue weighted by Gasteiger charge is 2.10. The van der Waals surface area contributed by atoms with Gasteiger partial charge in [0.15, 0.2) is 0 Å². The van der Waals surface area contributed by atoms with Crippen molar-refractivity contribution in [2.24, 2.45) is 0 Å². The van der Waals surface area contributed by atoms with Gasteiger partial charge in [-0.25, -0.2) is 0 Å². The first-order chi connectivity index (χ1) is 8.27. The molecule has 17 heavy (non-hydrogen) atoms. The van der Waals surface area contributed by atoms with Gasteiger partial charge in [-0.3, -0.25) is 0 Å². The van der Waals surface area contributed by atoms with Crippen LogP contribution in [0.5, 0.6) is 0 Å². The molecule has 0 amide bonds. The first-order valence-corrected chi connectivity index (χ1v) is 6.17. The van der Waals surface area contributed by atoms with E-state index in [4.69, 9.17) is 4.74 Å². The Morgan fingerprint density at radius 3 is 2.59 bits per heavy atom. The van der Waals surface area contributed by atoms with Crippen LogP contribution in [0, 0.1) is 0 Å². The van der Waals surface area contributed by atoms with Gasteiger partial charge in [0.1, 0.15) is 0 Å². The van der Waals surface area contributed by atoms with Gasteiger partial charge in [-0.15, -0.1) is 0 Å². The lowest BCUT2D eigenvalue weighted by molar-refractivity contribution is 0.176. The van der Waals surface area contributed by atoms with Crippen molar-refractivity contribution in [1.29, 1.82) is 0 Å². The minimum Gasteiger partial charge on any atom is -0.385 e. The number of likely N-dealkylation sites (N-methyl/N-ethyl adjacent to an activating group) is 2. The molecule has 0 aliphatic carbocycles. The third-order valence-corrected chi connectivity index (χ3v) is 2.93. The smallest absolute Gasteiger partial charge is 0.0474 e. The molecule has 1 atom stereocenters. The summed E-state index contributed by atoms with van der Waals surface area (Å²) in [6, 6.07) is 11.0. The van der Waals surface area contributed by atoms with E-state index in [1.807, 2.05) is 7.05 Å². The lowest BCUT2D eigenvalue weighted by Crippen LogP contribution is -2.32. The summed E-state index contributed by atoms with van der Waals surface area (Å²) >= 11 is 0. The minimum atomic E-state index is 0.392. The summed E-state index contributed by atoms with van der Waals surface area (Å²) in [6.45, 7) is 2.92. The van der Waals surface area contributed by atoms with Crippen molar-refractivity contribution in [3.05, 3.63) is 35.9 Å². The van der Waals surface area contributed by atoms with Crippen LogP contribution in [0.15, 0.2) is 30.3 Å². The van der Waals surface area contributed by atoms with Gasteiger partial charge in [-0.05, 0) is 26.1 Å². The molecule has 0 aromatic heterocycles. The summed E-state index contributed by atoms with van der Waals surface area (Å²) in [7, 11) is 5.92. The molecule has 96 valence electrons. The summed E-state index contributed by atoms with van der Waals surface area (Å²) < 4.78 is 5.07. The second kappa shape index (κ2) is 8.23. The Balaban J connectivity index is 2.41. The van der Waals surface area contributed by atoms with Crippen molar-refractivity contribution in [2.45, 2.75) is 12.5 Å². The molecule has 0 aliphatic heterocycles. The fourth-order valence-electron chi connectivity index (χ4n) is 1.93. The Kier molecular flexibility index (Phi) is 6.86. The second-order valence-electron chi connectivity index (χ2n) is 4.36. The molecule has 0 saturated carbocycles. The normalized spacial score (nSPS) is 12.9. The number of rotatable bonds is 8. The van der Waals surface area contributed by atoms with Gasteiger partial charge in [0.05, 0.1) is 0 Å². The van der Waals surface area contributed by atoms with Crippen molar-refractivity contribution in [1.82, 2.24) is 10.2 Å². The van der Waals surface area contributed by atoms with Crippen molar-refractivity contribution in [2.75, 3.05) is 40.9 Å². The SMILES string of the molecule is CNC(CN(C)CCCOC)c1ccccc1. The van der Waals surface area contributed by atoms with Crippen molar-refractivity contribution in [3.63, 3.8) is 0 Å². The zero-order valence-corrected chi connectivity index (χ0v) is 11.1. The maximum absolute atomic E-state index is 5.07. The third-order valence-electron chi connectivity index (χ3n) is 2.93. The van der Waals surface area contributed by atoms with E-state index >= 15 is 0 Å². The van der Waals surface area contributed by atoms with E-state index in [9.17, 15) is 0 Å². The molecular formula is C14H24N2O. The van der Waals surface area contributed by atoms with E-state index < -0.39 is 0 Å². The van der Waals surface area contributed by atoms with Gasteiger partial charge >= 0.3 is 0 Å². The highest BCUT2D eigenvalue weighted by Crippen LogP contribution is 2.12. The summed E-state index contributed by atoms with van der Waals surface area (Å²) in [5.41, 5.74) is 1.34. The second-order valence-corrected chi connectivity index (χ2v) is 4.36. The largest absolute Gasteiger partial charge is 0.385 e. The van der Waals surface area contributed by atoms with Gasteiger partial charge in [0, 0.05) is 32.8 Å². The summed E-state index contributed by atoms with van der Waals surface area (Å²) in [5.74, 6) is 0. The van der Waals surface area contributed by atoms with Crippen LogP contribution in [-0.2, 0) is 4.74 Å². The fourth-order valence-corrected chi connectivity index (χ4v) is 1.93. The molecule has 1 unspecified atom stereocenters. The van der Waals surface area contributed by atoms with Gasteiger partial charge in [0.25, 0.3) is 0 Å². The van der Waals surface area contributed by atoms with Crippen LogP contribution in [0.25, 0.3) is 0 Å². The zero-order chi connectivity index (χ0) is 12.5. The molecule has 0 fully saturated rings. The molecule has 0 aliphatic rings. The van der Waals surface area contributed by atoms with E-state index in [1.54, 1.807) is 7.11 Å². The Hall–Kier alpha value is -0.900. The maximum Gasteiger partial charge on any atom is 0.0474 e. The molecule has 3 nitrogen and oxygen atoms in total. The summed E-state index contributed by atoms with van der Waals surface area (Å²) in [4.78, 5) is 2.34. The van der Waals surface area contributed by atoms with E-state index in [0.29, 0.717) is 6.04 Å². The minimum absolute atomic E-state index is 0.392. The Morgan fingerprint density at radius 2 is 2.00 bits per heavy atom. The number of hydrogen-bond acceptors (Lipinski definition) is 3. The van der Waals surface area contributed by atoms with Gasteiger partial charge in [-0.1, -0.05) is 30.3 Å². The molecule has 0 heterocycles. The van der Waals surface area contributed by atoms with Crippen LogP contribution in [0.4, 0.5) is 0 Å². The summed E-state index contributed by atoms with van der Waals surface area (Å²) in [5, 5.41) is 3.37. The van der Waals surface area contributed by atoms with Crippen molar-refractivity contribution >= 4 is 0 Å². The highest BCUT2D eigenvalue weighted by atomic mass is 16.5. The van der Waals surface area contributed by atoms with E-state index in [-0.39, 0.29) is 0 Å². The summed E-state index contributed by atoms with van der Waals surface area (Å²) in [6.07, 6.45) is 1.08. The predicted molar refractivity (Wildman–Crippen MR) is 72.2 cm³/mol. The number of nitrogens with one attached hydrogen (secondary N) is 1. The van der Waals surface area contributed by atoms with Crippen molar-refractivity contribution in [3.8, 4) is 0 Å². The fraction of sp³-hybridized carbons (Fsp3) is 0.571. The van der Waals surface area contributed by atoms with Crippen LogP contribution in [0.1, 0.15) is 18.0 Å². The predicted octanol–water partition coefficient (Wildman–Crippen LogP) is 1.92.